The summed E-state index contributed by atoms with van der Waals surface area (Å²) in [5, 5.41) is 11.4. The zero-order chi connectivity index (χ0) is 13.9. The number of carbonyl (C=O) groups excluding carboxylic acids is 1. The Morgan fingerprint density at radius 2 is 2.06 bits per heavy atom. The van der Waals surface area contributed by atoms with Crippen LogP contribution in [0.25, 0.3) is 0 Å². The van der Waals surface area contributed by atoms with Crippen molar-refractivity contribution in [2.75, 3.05) is 0 Å². The summed E-state index contributed by atoms with van der Waals surface area (Å²) in [4.78, 5) is 26.8. The number of rotatable bonds is 4. The number of ketones is 1. The van der Waals surface area contributed by atoms with E-state index in [1.807, 2.05) is 0 Å². The minimum atomic E-state index is -1.16. The molecule has 1 amide bonds. The van der Waals surface area contributed by atoms with Crippen LogP contribution in [0.3, 0.4) is 0 Å². The van der Waals surface area contributed by atoms with Gasteiger partial charge in [-0.15, -0.1) is 0 Å². The van der Waals surface area contributed by atoms with Gasteiger partial charge in [-0.05, 0) is 19.1 Å². The van der Waals surface area contributed by atoms with E-state index in [2.05, 4.69) is 10.3 Å². The molecule has 1 rings (SSSR count). The third-order valence-corrected chi connectivity index (χ3v) is 3.19. The maximum atomic E-state index is 12.3. The van der Waals surface area contributed by atoms with Gasteiger partial charge >= 0.3 is 6.09 Å². The van der Waals surface area contributed by atoms with Gasteiger partial charge in [-0.25, -0.2) is 4.79 Å². The quantitative estimate of drug-likeness (QED) is 0.824. The molecule has 0 aliphatic carbocycles. The molecule has 0 aliphatic heterocycles. The summed E-state index contributed by atoms with van der Waals surface area (Å²) in [5.74, 6) is -0.236. The van der Waals surface area contributed by atoms with Crippen LogP contribution in [0.1, 0.15) is 31.3 Å². The van der Waals surface area contributed by atoms with Crippen molar-refractivity contribution in [1.29, 1.82) is 0 Å². The molecule has 1 aromatic heterocycles. The molecule has 5 nitrogen and oxygen atoms in total. The standard InChI is InChI=1S/C12H15ClN2O3/c1-7(15-11(17)18)12(2,3)10(16)9-5-4-8(13)6-14-9/h4-7,15H,1-3H3,(H,17,18). The van der Waals surface area contributed by atoms with Crippen LogP contribution in [0.2, 0.25) is 5.02 Å². The van der Waals surface area contributed by atoms with Crippen molar-refractivity contribution in [2.45, 2.75) is 26.8 Å². The first-order valence-corrected chi connectivity index (χ1v) is 5.78. The molecular weight excluding hydrogens is 256 g/mol. The molecule has 0 saturated carbocycles. The monoisotopic (exact) mass is 270 g/mol. The van der Waals surface area contributed by atoms with E-state index in [-0.39, 0.29) is 11.5 Å². The summed E-state index contributed by atoms with van der Waals surface area (Å²) in [5.41, 5.74) is -0.623. The average molecular weight is 271 g/mol. The number of nitrogens with one attached hydrogen (secondary N) is 1. The smallest absolute Gasteiger partial charge is 0.404 e. The molecule has 0 saturated heterocycles. The van der Waals surface area contributed by atoms with E-state index in [0.29, 0.717) is 5.02 Å². The van der Waals surface area contributed by atoms with Gasteiger partial charge in [0.15, 0.2) is 5.78 Å². The summed E-state index contributed by atoms with van der Waals surface area (Å²) >= 11 is 5.70. The van der Waals surface area contributed by atoms with Crippen molar-refractivity contribution in [2.24, 2.45) is 5.41 Å². The zero-order valence-corrected chi connectivity index (χ0v) is 11.2. The predicted octanol–water partition coefficient (Wildman–Crippen LogP) is 2.60. The first kappa shape index (κ1) is 14.4. The number of carbonyl (C=O) groups is 2. The molecule has 1 heterocycles. The van der Waals surface area contributed by atoms with E-state index >= 15 is 0 Å². The molecule has 1 aromatic rings. The summed E-state index contributed by atoms with van der Waals surface area (Å²) in [6, 6.07) is 2.58. The highest BCUT2D eigenvalue weighted by molar-refractivity contribution is 6.30. The van der Waals surface area contributed by atoms with Crippen molar-refractivity contribution in [3.05, 3.63) is 29.0 Å². The fourth-order valence-electron chi connectivity index (χ4n) is 1.40. The lowest BCUT2D eigenvalue weighted by molar-refractivity contribution is 0.0783. The minimum Gasteiger partial charge on any atom is -0.465 e. The Balaban J connectivity index is 2.93. The zero-order valence-electron chi connectivity index (χ0n) is 10.4. The minimum absolute atomic E-state index is 0.236. The van der Waals surface area contributed by atoms with Gasteiger partial charge < -0.3 is 10.4 Å². The molecule has 6 heteroatoms. The lowest BCUT2D eigenvalue weighted by Gasteiger charge is -2.29. The van der Waals surface area contributed by atoms with E-state index in [4.69, 9.17) is 16.7 Å². The van der Waals surface area contributed by atoms with Gasteiger partial charge in [-0.2, -0.15) is 0 Å². The number of pyridine rings is 1. The topological polar surface area (TPSA) is 79.3 Å². The Morgan fingerprint density at radius 1 is 1.44 bits per heavy atom. The molecule has 0 spiro atoms. The molecule has 0 radical (unpaired) electrons. The second-order valence-corrected chi connectivity index (χ2v) is 5.02. The van der Waals surface area contributed by atoms with Crippen LogP contribution >= 0.6 is 11.6 Å². The maximum Gasteiger partial charge on any atom is 0.404 e. The van der Waals surface area contributed by atoms with Crippen molar-refractivity contribution in [1.82, 2.24) is 10.3 Å². The lowest BCUT2D eigenvalue weighted by atomic mass is 9.79. The number of carboxylic acid groups (broad SMARTS) is 1. The number of Topliss-reactive ketones (excluding diaryl/α,β-unsaturated/α-hetero) is 1. The van der Waals surface area contributed by atoms with E-state index < -0.39 is 17.6 Å². The van der Waals surface area contributed by atoms with Crippen LogP contribution in [-0.2, 0) is 0 Å². The first-order chi connectivity index (χ1) is 8.25. The summed E-state index contributed by atoms with van der Waals surface area (Å²) in [6.45, 7) is 4.99. The number of halogens is 1. The molecule has 0 fully saturated rings. The highest BCUT2D eigenvalue weighted by Crippen LogP contribution is 2.25. The molecule has 1 atom stereocenters. The maximum absolute atomic E-state index is 12.3. The van der Waals surface area contributed by atoms with Gasteiger partial charge in [0.1, 0.15) is 5.69 Å². The Kier molecular flexibility index (Phi) is 4.29. The summed E-state index contributed by atoms with van der Waals surface area (Å²) < 4.78 is 0. The molecule has 2 N–H and O–H groups in total. The Labute approximate surface area is 110 Å². The summed E-state index contributed by atoms with van der Waals surface area (Å²) in [7, 11) is 0. The van der Waals surface area contributed by atoms with Crippen molar-refractivity contribution in [3.8, 4) is 0 Å². The number of hydrogen-bond acceptors (Lipinski definition) is 3. The lowest BCUT2D eigenvalue weighted by Crippen LogP contribution is -2.46. The normalized spacial score (nSPS) is 12.9. The Bertz CT molecular complexity index is 457. The van der Waals surface area contributed by atoms with Crippen molar-refractivity contribution in [3.63, 3.8) is 0 Å². The van der Waals surface area contributed by atoms with Crippen LogP contribution in [0.4, 0.5) is 4.79 Å². The van der Waals surface area contributed by atoms with Gasteiger partial charge in [0, 0.05) is 17.7 Å². The highest BCUT2D eigenvalue weighted by atomic mass is 35.5. The third-order valence-electron chi connectivity index (χ3n) is 2.97. The fourth-order valence-corrected chi connectivity index (χ4v) is 1.51. The highest BCUT2D eigenvalue weighted by Gasteiger charge is 2.36. The van der Waals surface area contributed by atoms with Gasteiger partial charge in [-0.3, -0.25) is 9.78 Å². The van der Waals surface area contributed by atoms with Crippen LogP contribution in [0.15, 0.2) is 18.3 Å². The van der Waals surface area contributed by atoms with Crippen molar-refractivity contribution >= 4 is 23.5 Å². The molecule has 0 aromatic carbocycles. The molecular formula is C12H15ClN2O3. The number of nitrogens with zero attached hydrogens (tertiary/aromatic N) is 1. The van der Waals surface area contributed by atoms with E-state index in [1.165, 1.54) is 12.3 Å². The number of hydrogen-bond donors (Lipinski definition) is 2. The van der Waals surface area contributed by atoms with Gasteiger partial charge in [0.05, 0.1) is 5.02 Å². The molecule has 18 heavy (non-hydrogen) atoms. The van der Waals surface area contributed by atoms with E-state index in [9.17, 15) is 9.59 Å². The van der Waals surface area contributed by atoms with Gasteiger partial charge in [0.25, 0.3) is 0 Å². The average Bonchev–Trinajstić information content (AvgIpc) is 2.28. The molecule has 0 bridgehead atoms. The van der Waals surface area contributed by atoms with Crippen LogP contribution in [0.5, 0.6) is 0 Å². The third kappa shape index (κ3) is 3.20. The Morgan fingerprint density at radius 3 is 2.50 bits per heavy atom. The molecule has 1 unspecified atom stereocenters. The SMILES string of the molecule is CC(NC(=O)O)C(C)(C)C(=O)c1ccc(Cl)cn1. The van der Waals surface area contributed by atoms with Crippen LogP contribution in [0, 0.1) is 5.41 Å². The largest absolute Gasteiger partial charge is 0.465 e. The fraction of sp³-hybridized carbons (Fsp3) is 0.417. The van der Waals surface area contributed by atoms with Crippen molar-refractivity contribution < 1.29 is 14.7 Å². The van der Waals surface area contributed by atoms with E-state index in [1.54, 1.807) is 26.8 Å². The molecule has 0 aliphatic rings. The Hall–Kier alpha value is -1.62. The van der Waals surface area contributed by atoms with Gasteiger partial charge in [0.2, 0.25) is 0 Å². The number of amides is 1. The first-order valence-electron chi connectivity index (χ1n) is 5.41. The predicted molar refractivity (Wildman–Crippen MR) is 68.0 cm³/mol. The number of aromatic nitrogens is 1. The molecule has 98 valence electrons. The summed E-state index contributed by atoms with van der Waals surface area (Å²) in [6.07, 6.45) is 0.229. The second kappa shape index (κ2) is 5.35. The second-order valence-electron chi connectivity index (χ2n) is 4.58. The van der Waals surface area contributed by atoms with Crippen LogP contribution < -0.4 is 5.32 Å². The van der Waals surface area contributed by atoms with Crippen LogP contribution in [-0.4, -0.2) is 28.0 Å². The van der Waals surface area contributed by atoms with Gasteiger partial charge in [-0.1, -0.05) is 25.4 Å². The van der Waals surface area contributed by atoms with E-state index in [0.717, 1.165) is 0 Å².